The van der Waals surface area contributed by atoms with Crippen LogP contribution in [0.4, 0.5) is 0 Å². The van der Waals surface area contributed by atoms with Crippen LogP contribution in [0.15, 0.2) is 52.8 Å². The van der Waals surface area contributed by atoms with E-state index in [-0.39, 0.29) is 17.3 Å². The molecule has 1 atom stereocenters. The molecule has 4 heterocycles. The van der Waals surface area contributed by atoms with Gasteiger partial charge in [-0.15, -0.1) is 11.3 Å². The summed E-state index contributed by atoms with van der Waals surface area (Å²) in [6, 6.07) is 14.1. The van der Waals surface area contributed by atoms with Crippen molar-refractivity contribution in [2.75, 3.05) is 26.3 Å². The Balaban J connectivity index is 1.84. The average molecular weight is 446 g/mol. The standard InChI is InChI=1S/C24H23N5O2S/c1-14-12-17(15(2)32-14)19-20(16-6-4-3-5-7-16)31-22(27)24(19)18(13-25)21(26)28-23(24)29-8-10-30-11-9-29/h3-7,12,27H,8-11,26H2,1-2H3. The Morgan fingerprint density at radius 2 is 1.94 bits per heavy atom. The predicted octanol–water partition coefficient (Wildman–Crippen LogP) is 3.67. The number of aliphatic imine (C=N–C) groups is 1. The molecule has 0 aliphatic carbocycles. The van der Waals surface area contributed by atoms with E-state index in [4.69, 9.17) is 20.6 Å². The van der Waals surface area contributed by atoms with E-state index >= 15 is 0 Å². The highest BCUT2D eigenvalue weighted by Crippen LogP contribution is 2.57. The van der Waals surface area contributed by atoms with Crippen molar-refractivity contribution in [2.45, 2.75) is 13.8 Å². The molecule has 5 rings (SSSR count). The zero-order chi connectivity index (χ0) is 22.5. The normalized spacial score (nSPS) is 23.1. The lowest BCUT2D eigenvalue weighted by Gasteiger charge is -2.37. The van der Waals surface area contributed by atoms with Gasteiger partial charge >= 0.3 is 0 Å². The highest BCUT2D eigenvalue weighted by molar-refractivity contribution is 7.12. The van der Waals surface area contributed by atoms with Crippen molar-refractivity contribution < 1.29 is 9.47 Å². The van der Waals surface area contributed by atoms with Gasteiger partial charge in [-0.3, -0.25) is 5.41 Å². The highest BCUT2D eigenvalue weighted by Gasteiger charge is 2.61. The number of ether oxygens (including phenoxy) is 2. The number of nitrogens with zero attached hydrogens (tertiary/aromatic N) is 3. The van der Waals surface area contributed by atoms with E-state index < -0.39 is 5.41 Å². The maximum atomic E-state index is 10.2. The van der Waals surface area contributed by atoms with Crippen LogP contribution in [0.2, 0.25) is 0 Å². The summed E-state index contributed by atoms with van der Waals surface area (Å²) in [6.07, 6.45) is 0. The molecule has 162 valence electrons. The van der Waals surface area contributed by atoms with Gasteiger partial charge < -0.3 is 20.1 Å². The van der Waals surface area contributed by atoms with E-state index in [1.165, 1.54) is 0 Å². The SMILES string of the molecule is Cc1cc(C2=C(c3ccccc3)OC(=N)C23C(N2CCOCC2)=NC(N)=C3C#N)c(C)s1. The molecule has 8 heteroatoms. The lowest BCUT2D eigenvalue weighted by Crippen LogP contribution is -2.50. The van der Waals surface area contributed by atoms with Crippen molar-refractivity contribution in [3.8, 4) is 6.07 Å². The van der Waals surface area contributed by atoms with Crippen LogP contribution in [0.25, 0.3) is 11.3 Å². The number of hydrogen-bond acceptors (Lipinski definition) is 8. The van der Waals surface area contributed by atoms with Gasteiger partial charge in [-0.2, -0.15) is 5.26 Å². The first-order valence-corrected chi connectivity index (χ1v) is 11.3. The molecule has 0 amide bonds. The second-order valence-electron chi connectivity index (χ2n) is 7.99. The molecule has 1 saturated heterocycles. The summed E-state index contributed by atoms with van der Waals surface area (Å²) in [5, 5.41) is 19.3. The van der Waals surface area contributed by atoms with Crippen LogP contribution in [0.1, 0.15) is 20.9 Å². The minimum absolute atomic E-state index is 0.0446. The van der Waals surface area contributed by atoms with E-state index in [1.807, 2.05) is 30.3 Å². The van der Waals surface area contributed by atoms with E-state index in [9.17, 15) is 5.26 Å². The van der Waals surface area contributed by atoms with E-state index in [2.05, 4.69) is 35.9 Å². The molecule has 1 fully saturated rings. The fourth-order valence-electron chi connectivity index (χ4n) is 4.74. The largest absolute Gasteiger partial charge is 0.441 e. The minimum Gasteiger partial charge on any atom is -0.441 e. The lowest BCUT2D eigenvalue weighted by molar-refractivity contribution is 0.0663. The molecular weight excluding hydrogens is 422 g/mol. The zero-order valence-corrected chi connectivity index (χ0v) is 18.8. The van der Waals surface area contributed by atoms with Gasteiger partial charge in [0.15, 0.2) is 5.41 Å². The molecule has 3 aliphatic rings. The third-order valence-corrected chi connectivity index (χ3v) is 7.07. The van der Waals surface area contributed by atoms with Crippen molar-refractivity contribution in [2.24, 2.45) is 16.1 Å². The van der Waals surface area contributed by atoms with Gasteiger partial charge in [0.05, 0.1) is 18.8 Å². The number of morpholine rings is 1. The molecule has 2 aromatic rings. The number of thiophene rings is 1. The maximum absolute atomic E-state index is 10.2. The summed E-state index contributed by atoms with van der Waals surface area (Å²) in [5.41, 5.74) is 7.84. The van der Waals surface area contributed by atoms with Gasteiger partial charge in [-0.25, -0.2) is 4.99 Å². The monoisotopic (exact) mass is 445 g/mol. The topological polar surface area (TPSA) is 108 Å². The Bertz CT molecular complexity index is 1240. The van der Waals surface area contributed by atoms with Gasteiger partial charge in [0.25, 0.3) is 0 Å². The van der Waals surface area contributed by atoms with Crippen molar-refractivity contribution in [3.63, 3.8) is 0 Å². The Hall–Kier alpha value is -3.41. The molecule has 1 spiro atoms. The zero-order valence-electron chi connectivity index (χ0n) is 17.9. The number of benzene rings is 1. The van der Waals surface area contributed by atoms with E-state index in [0.717, 1.165) is 26.5 Å². The number of nitriles is 1. The molecular formula is C24H23N5O2S. The number of nitrogens with one attached hydrogen (secondary N) is 1. The third-order valence-electron chi connectivity index (χ3n) is 6.11. The Morgan fingerprint density at radius 1 is 1.22 bits per heavy atom. The highest BCUT2D eigenvalue weighted by atomic mass is 32.1. The molecule has 1 aromatic heterocycles. The summed E-state index contributed by atoms with van der Waals surface area (Å²) < 4.78 is 11.7. The minimum atomic E-state index is -1.28. The smallest absolute Gasteiger partial charge is 0.211 e. The van der Waals surface area contributed by atoms with Crippen molar-refractivity contribution in [1.82, 2.24) is 4.90 Å². The van der Waals surface area contributed by atoms with Crippen LogP contribution in [0, 0.1) is 36.0 Å². The number of amidine groups is 1. The average Bonchev–Trinajstić information content (AvgIpc) is 3.40. The lowest BCUT2D eigenvalue weighted by atomic mass is 9.71. The predicted molar refractivity (Wildman–Crippen MR) is 125 cm³/mol. The molecule has 7 nitrogen and oxygen atoms in total. The molecule has 3 aliphatic heterocycles. The molecule has 0 radical (unpaired) electrons. The van der Waals surface area contributed by atoms with Gasteiger partial charge in [-0.1, -0.05) is 30.3 Å². The molecule has 0 saturated carbocycles. The van der Waals surface area contributed by atoms with Crippen LogP contribution in [0.3, 0.4) is 0 Å². The third kappa shape index (κ3) is 2.82. The number of nitrogens with two attached hydrogens (primary N) is 1. The van der Waals surface area contributed by atoms with Crippen molar-refractivity contribution in [1.29, 1.82) is 10.7 Å². The second kappa shape index (κ2) is 7.62. The van der Waals surface area contributed by atoms with Crippen LogP contribution in [-0.2, 0) is 9.47 Å². The Morgan fingerprint density at radius 3 is 2.56 bits per heavy atom. The molecule has 3 N–H and O–H groups in total. The first-order chi connectivity index (χ1) is 15.5. The number of rotatable bonds is 2. The van der Waals surface area contributed by atoms with Crippen LogP contribution >= 0.6 is 11.3 Å². The first kappa shape index (κ1) is 20.5. The quantitative estimate of drug-likeness (QED) is 0.733. The molecule has 1 unspecified atom stereocenters. The van der Waals surface area contributed by atoms with E-state index in [0.29, 0.717) is 37.9 Å². The van der Waals surface area contributed by atoms with E-state index in [1.54, 1.807) is 11.3 Å². The number of aryl methyl sites for hydroxylation is 2. The van der Waals surface area contributed by atoms with Crippen molar-refractivity contribution in [3.05, 3.63) is 68.7 Å². The Labute approximate surface area is 190 Å². The molecule has 0 bridgehead atoms. The molecule has 1 aromatic carbocycles. The fourth-order valence-corrected chi connectivity index (χ4v) is 5.67. The first-order valence-electron chi connectivity index (χ1n) is 10.4. The maximum Gasteiger partial charge on any atom is 0.211 e. The number of hydrogen-bond donors (Lipinski definition) is 2. The van der Waals surface area contributed by atoms with Gasteiger partial charge in [0.2, 0.25) is 5.90 Å². The Kier molecular flexibility index (Phi) is 4.88. The van der Waals surface area contributed by atoms with Crippen molar-refractivity contribution >= 4 is 34.4 Å². The van der Waals surface area contributed by atoms with Crippen LogP contribution in [-0.4, -0.2) is 42.9 Å². The van der Waals surface area contributed by atoms with Gasteiger partial charge in [-0.05, 0) is 25.5 Å². The summed E-state index contributed by atoms with van der Waals surface area (Å²) in [6.45, 7) is 6.42. The summed E-state index contributed by atoms with van der Waals surface area (Å²) in [5.74, 6) is 1.24. The summed E-state index contributed by atoms with van der Waals surface area (Å²) in [4.78, 5) is 8.96. The van der Waals surface area contributed by atoms with Crippen LogP contribution in [0.5, 0.6) is 0 Å². The van der Waals surface area contributed by atoms with Gasteiger partial charge in [0, 0.05) is 34.0 Å². The summed E-state index contributed by atoms with van der Waals surface area (Å²) >= 11 is 1.68. The summed E-state index contributed by atoms with van der Waals surface area (Å²) in [7, 11) is 0. The second-order valence-corrected chi connectivity index (χ2v) is 9.45. The fraction of sp³-hybridized carbons (Fsp3) is 0.292. The molecule has 32 heavy (non-hydrogen) atoms. The van der Waals surface area contributed by atoms with Gasteiger partial charge in [0.1, 0.15) is 23.5 Å². The van der Waals surface area contributed by atoms with Crippen LogP contribution < -0.4 is 5.73 Å².